The number of ether oxygens (including phenoxy) is 1. The van der Waals surface area contributed by atoms with Crippen molar-refractivity contribution in [3.05, 3.63) is 23.0 Å². The van der Waals surface area contributed by atoms with Gasteiger partial charge in [0, 0.05) is 49.2 Å². The van der Waals surface area contributed by atoms with Crippen molar-refractivity contribution in [1.82, 2.24) is 20.2 Å². The van der Waals surface area contributed by atoms with E-state index in [2.05, 4.69) is 59.1 Å². The van der Waals surface area contributed by atoms with Crippen molar-refractivity contribution in [2.24, 2.45) is 5.10 Å². The first-order valence-electron chi connectivity index (χ1n) is 8.54. The van der Waals surface area contributed by atoms with Gasteiger partial charge in [-0.2, -0.15) is 5.10 Å². The molecule has 1 aliphatic heterocycles. The first-order valence-corrected chi connectivity index (χ1v) is 8.95. The highest BCUT2D eigenvalue weighted by Gasteiger charge is 2.10. The summed E-state index contributed by atoms with van der Waals surface area (Å²) in [5.41, 5.74) is 6.47. The van der Waals surface area contributed by atoms with Crippen LogP contribution < -0.4 is 10.7 Å². The summed E-state index contributed by atoms with van der Waals surface area (Å²) < 4.78 is 7.64. The van der Waals surface area contributed by atoms with Gasteiger partial charge in [0.05, 0.1) is 19.4 Å². The molecule has 2 N–H and O–H groups in total. The van der Waals surface area contributed by atoms with Crippen LogP contribution in [0, 0.1) is 13.8 Å². The van der Waals surface area contributed by atoms with Crippen LogP contribution in [0.3, 0.4) is 0 Å². The summed E-state index contributed by atoms with van der Waals surface area (Å²) in [6, 6.07) is 2.60. The molecule has 6 nitrogen and oxygen atoms in total. The minimum Gasteiger partial charge on any atom is -0.379 e. The van der Waals surface area contributed by atoms with E-state index in [4.69, 9.17) is 17.0 Å². The van der Waals surface area contributed by atoms with Crippen LogP contribution >= 0.6 is 12.2 Å². The lowest BCUT2D eigenvalue weighted by molar-refractivity contribution is 0.0389. The molecule has 0 saturated carbocycles. The molecule has 24 heavy (non-hydrogen) atoms. The number of nitrogens with one attached hydrogen (secondary N) is 2. The molecule has 134 valence electrons. The van der Waals surface area contributed by atoms with Crippen molar-refractivity contribution in [3.8, 4) is 0 Å². The molecule has 1 aliphatic rings. The van der Waals surface area contributed by atoms with Crippen LogP contribution in [-0.4, -0.2) is 60.2 Å². The highest BCUT2D eigenvalue weighted by molar-refractivity contribution is 7.80. The van der Waals surface area contributed by atoms with E-state index in [1.54, 1.807) is 0 Å². The standard InChI is InChI=1S/C17H29N5OS/c1-13(2)22-14(3)11-16(15(22)4)12-19-20-17(24)18-5-6-21-7-9-23-10-8-21/h11-13H,5-10H2,1-4H3,(H2,18,20,24)/b19-12-. The zero-order valence-corrected chi connectivity index (χ0v) is 15.9. The quantitative estimate of drug-likeness (QED) is 0.465. The van der Waals surface area contributed by atoms with Crippen LogP contribution in [0.1, 0.15) is 36.8 Å². The highest BCUT2D eigenvalue weighted by atomic mass is 32.1. The second-order valence-corrected chi connectivity index (χ2v) is 6.78. The van der Waals surface area contributed by atoms with Crippen LogP contribution in [-0.2, 0) is 4.74 Å². The fraction of sp³-hybridized carbons (Fsp3) is 0.647. The van der Waals surface area contributed by atoms with Gasteiger partial charge in [0.15, 0.2) is 5.11 Å². The van der Waals surface area contributed by atoms with Crippen molar-refractivity contribution in [3.63, 3.8) is 0 Å². The third kappa shape index (κ3) is 5.29. The number of hydrogen-bond donors (Lipinski definition) is 2. The average molecular weight is 352 g/mol. The number of hydrogen-bond acceptors (Lipinski definition) is 4. The Balaban J connectivity index is 1.75. The first kappa shape index (κ1) is 18.9. The predicted molar refractivity (Wildman–Crippen MR) is 103 cm³/mol. The van der Waals surface area contributed by atoms with E-state index in [1.807, 2.05) is 6.21 Å². The molecule has 0 bridgehead atoms. The second-order valence-electron chi connectivity index (χ2n) is 6.37. The fourth-order valence-electron chi connectivity index (χ4n) is 3.08. The molecule has 1 aromatic rings. The highest BCUT2D eigenvalue weighted by Crippen LogP contribution is 2.18. The van der Waals surface area contributed by atoms with Gasteiger partial charge in [0.1, 0.15) is 0 Å². The molecular formula is C17H29N5OS. The lowest BCUT2D eigenvalue weighted by atomic mass is 10.2. The van der Waals surface area contributed by atoms with E-state index in [1.165, 1.54) is 11.4 Å². The largest absolute Gasteiger partial charge is 0.379 e. The Morgan fingerprint density at radius 2 is 2.08 bits per heavy atom. The third-order valence-electron chi connectivity index (χ3n) is 4.23. The van der Waals surface area contributed by atoms with Gasteiger partial charge >= 0.3 is 0 Å². The maximum Gasteiger partial charge on any atom is 0.187 e. The Morgan fingerprint density at radius 1 is 1.38 bits per heavy atom. The lowest BCUT2D eigenvalue weighted by Crippen LogP contribution is -2.42. The Kier molecular flexibility index (Phi) is 7.20. The summed E-state index contributed by atoms with van der Waals surface area (Å²) >= 11 is 5.26. The van der Waals surface area contributed by atoms with Gasteiger partial charge in [-0.1, -0.05) is 0 Å². The SMILES string of the molecule is Cc1cc(/C=N\NC(=S)NCCN2CCOCC2)c(C)n1C(C)C. The van der Waals surface area contributed by atoms with Crippen LogP contribution in [0.5, 0.6) is 0 Å². The van der Waals surface area contributed by atoms with Crippen LogP contribution in [0.2, 0.25) is 0 Å². The Hall–Kier alpha value is -1.44. The minimum absolute atomic E-state index is 0.447. The van der Waals surface area contributed by atoms with Gasteiger partial charge in [-0.3, -0.25) is 10.3 Å². The number of morpholine rings is 1. The monoisotopic (exact) mass is 351 g/mol. The summed E-state index contributed by atoms with van der Waals surface area (Å²) in [5.74, 6) is 0. The maximum absolute atomic E-state index is 5.34. The topological polar surface area (TPSA) is 53.8 Å². The molecule has 7 heteroatoms. The van der Waals surface area contributed by atoms with Crippen LogP contribution in [0.25, 0.3) is 0 Å². The van der Waals surface area contributed by atoms with E-state index in [0.717, 1.165) is 45.0 Å². The first-order chi connectivity index (χ1) is 11.5. The smallest absolute Gasteiger partial charge is 0.187 e. The van der Waals surface area contributed by atoms with Crippen molar-refractivity contribution in [2.75, 3.05) is 39.4 Å². The molecule has 1 fully saturated rings. The molecule has 0 radical (unpaired) electrons. The molecule has 1 aromatic heterocycles. The summed E-state index contributed by atoms with van der Waals surface area (Å²) in [4.78, 5) is 2.36. The Morgan fingerprint density at radius 3 is 2.71 bits per heavy atom. The fourth-order valence-corrected chi connectivity index (χ4v) is 3.23. The van der Waals surface area contributed by atoms with Gasteiger partial charge in [-0.15, -0.1) is 0 Å². The molecular weight excluding hydrogens is 322 g/mol. The molecule has 0 aromatic carbocycles. The molecule has 1 saturated heterocycles. The van der Waals surface area contributed by atoms with Crippen LogP contribution in [0.4, 0.5) is 0 Å². The zero-order valence-electron chi connectivity index (χ0n) is 15.1. The lowest BCUT2D eigenvalue weighted by Gasteiger charge is -2.26. The van der Waals surface area contributed by atoms with E-state index in [0.29, 0.717) is 11.2 Å². The van der Waals surface area contributed by atoms with Crippen molar-refractivity contribution in [1.29, 1.82) is 0 Å². The van der Waals surface area contributed by atoms with Crippen LogP contribution in [0.15, 0.2) is 11.2 Å². The van der Waals surface area contributed by atoms with E-state index < -0.39 is 0 Å². The number of nitrogens with zero attached hydrogens (tertiary/aromatic N) is 3. The number of aromatic nitrogens is 1. The number of rotatable bonds is 6. The zero-order chi connectivity index (χ0) is 17.5. The van der Waals surface area contributed by atoms with Gasteiger partial charge in [0.25, 0.3) is 0 Å². The molecule has 0 aliphatic carbocycles. The Labute approximate surface area is 150 Å². The molecule has 0 atom stereocenters. The molecule has 2 rings (SSSR count). The van der Waals surface area contributed by atoms with E-state index in [-0.39, 0.29) is 0 Å². The Bertz CT molecular complexity index is 576. The molecule has 0 spiro atoms. The number of aryl methyl sites for hydroxylation is 1. The molecule has 0 amide bonds. The van der Waals surface area contributed by atoms with Gasteiger partial charge in [-0.05, 0) is 46.0 Å². The molecule has 2 heterocycles. The number of hydrazone groups is 1. The van der Waals surface area contributed by atoms with Gasteiger partial charge in [0.2, 0.25) is 0 Å². The minimum atomic E-state index is 0.447. The van der Waals surface area contributed by atoms with E-state index in [9.17, 15) is 0 Å². The third-order valence-corrected chi connectivity index (χ3v) is 4.46. The summed E-state index contributed by atoms with van der Waals surface area (Å²) in [5, 5.41) is 7.99. The van der Waals surface area contributed by atoms with Gasteiger partial charge in [-0.25, -0.2) is 0 Å². The maximum atomic E-state index is 5.34. The predicted octanol–water partition coefficient (Wildman–Crippen LogP) is 1.82. The van der Waals surface area contributed by atoms with E-state index >= 15 is 0 Å². The average Bonchev–Trinajstić information content (AvgIpc) is 2.82. The second kappa shape index (κ2) is 9.15. The van der Waals surface area contributed by atoms with Crippen molar-refractivity contribution >= 4 is 23.5 Å². The van der Waals surface area contributed by atoms with Crippen molar-refractivity contribution in [2.45, 2.75) is 33.7 Å². The normalized spacial score (nSPS) is 16.0. The number of thiocarbonyl (C=S) groups is 1. The summed E-state index contributed by atoms with van der Waals surface area (Å²) in [7, 11) is 0. The van der Waals surface area contributed by atoms with Crippen molar-refractivity contribution < 1.29 is 4.74 Å². The molecule has 0 unspecified atom stereocenters. The summed E-state index contributed by atoms with van der Waals surface area (Å²) in [6.45, 7) is 14.0. The summed E-state index contributed by atoms with van der Waals surface area (Å²) in [6.07, 6.45) is 1.83. The van der Waals surface area contributed by atoms with Gasteiger partial charge < -0.3 is 14.6 Å².